The molecule has 0 aliphatic heterocycles. The summed E-state index contributed by atoms with van der Waals surface area (Å²) in [5.41, 5.74) is 1.47. The molecule has 2 rings (SSSR count). The van der Waals surface area contributed by atoms with Crippen LogP contribution in [0.15, 0.2) is 40.0 Å². The Kier molecular flexibility index (Phi) is 4.58. The van der Waals surface area contributed by atoms with E-state index in [1.807, 2.05) is 0 Å². The van der Waals surface area contributed by atoms with E-state index >= 15 is 0 Å². The van der Waals surface area contributed by atoms with E-state index in [0.29, 0.717) is 0 Å². The van der Waals surface area contributed by atoms with Crippen LogP contribution in [0.2, 0.25) is 0 Å². The van der Waals surface area contributed by atoms with Crippen molar-refractivity contribution in [3.05, 3.63) is 52.7 Å². The Morgan fingerprint density at radius 1 is 1.41 bits per heavy atom. The standard InChI is InChI=1S/C14H14N4O3S/c1-10-6-11(2)18-14(17-10)16-8-13(7-15)22(19,20)9-12-4-3-5-21-12/h3-6,8H,9H2,1-2H3,(H,16,17,18). The molecule has 0 saturated carbocycles. The number of nitriles is 1. The predicted molar refractivity (Wildman–Crippen MR) is 80.2 cm³/mol. The Hall–Kier alpha value is -2.66. The van der Waals surface area contributed by atoms with E-state index < -0.39 is 14.7 Å². The van der Waals surface area contributed by atoms with E-state index in [2.05, 4.69) is 15.3 Å². The number of hydrogen-bond donors (Lipinski definition) is 1. The van der Waals surface area contributed by atoms with Crippen LogP contribution in [0.1, 0.15) is 17.1 Å². The van der Waals surface area contributed by atoms with Crippen molar-refractivity contribution in [2.75, 3.05) is 5.32 Å². The van der Waals surface area contributed by atoms with E-state index in [0.717, 1.165) is 17.6 Å². The van der Waals surface area contributed by atoms with Gasteiger partial charge in [-0.15, -0.1) is 0 Å². The molecule has 8 heteroatoms. The van der Waals surface area contributed by atoms with E-state index in [-0.39, 0.29) is 17.5 Å². The lowest BCUT2D eigenvalue weighted by Crippen LogP contribution is -2.08. The van der Waals surface area contributed by atoms with Gasteiger partial charge in [0.2, 0.25) is 5.95 Å². The first kappa shape index (κ1) is 15.7. The van der Waals surface area contributed by atoms with Crippen LogP contribution in [-0.2, 0) is 15.6 Å². The Labute approximate surface area is 128 Å². The van der Waals surface area contributed by atoms with Gasteiger partial charge in [0.15, 0.2) is 14.7 Å². The number of nitrogens with one attached hydrogen (secondary N) is 1. The van der Waals surface area contributed by atoms with Crippen LogP contribution in [0.4, 0.5) is 5.95 Å². The average molecular weight is 318 g/mol. The Bertz CT molecular complexity index is 813. The molecule has 0 aromatic carbocycles. The zero-order valence-electron chi connectivity index (χ0n) is 12.1. The molecule has 22 heavy (non-hydrogen) atoms. The van der Waals surface area contributed by atoms with Crippen LogP contribution in [0.25, 0.3) is 0 Å². The quantitative estimate of drug-likeness (QED) is 0.840. The lowest BCUT2D eigenvalue weighted by atomic mass is 10.4. The molecule has 0 amide bonds. The van der Waals surface area contributed by atoms with Crippen molar-refractivity contribution in [3.8, 4) is 6.07 Å². The fraction of sp³-hybridized carbons (Fsp3) is 0.214. The molecule has 7 nitrogen and oxygen atoms in total. The monoisotopic (exact) mass is 318 g/mol. The molecule has 0 atom stereocenters. The maximum atomic E-state index is 12.2. The highest BCUT2D eigenvalue weighted by molar-refractivity contribution is 7.94. The van der Waals surface area contributed by atoms with Crippen molar-refractivity contribution in [2.24, 2.45) is 0 Å². The number of allylic oxidation sites excluding steroid dienone is 1. The minimum Gasteiger partial charge on any atom is -0.468 e. The molecule has 0 saturated heterocycles. The number of nitrogens with zero attached hydrogens (tertiary/aromatic N) is 3. The minimum atomic E-state index is -3.80. The van der Waals surface area contributed by atoms with Crippen LogP contribution < -0.4 is 5.32 Å². The highest BCUT2D eigenvalue weighted by atomic mass is 32.2. The lowest BCUT2D eigenvalue weighted by Gasteiger charge is -2.04. The van der Waals surface area contributed by atoms with Gasteiger partial charge in [0.05, 0.1) is 6.26 Å². The third kappa shape index (κ3) is 3.93. The smallest absolute Gasteiger partial charge is 0.227 e. The second-order valence-corrected chi connectivity index (χ2v) is 6.54. The van der Waals surface area contributed by atoms with Crippen molar-refractivity contribution < 1.29 is 12.8 Å². The lowest BCUT2D eigenvalue weighted by molar-refractivity contribution is 0.522. The Balaban J connectivity index is 2.22. The SMILES string of the molecule is Cc1cc(C)nc(NC=C(C#N)S(=O)(=O)Cc2ccco2)n1. The first-order valence-electron chi connectivity index (χ1n) is 6.35. The molecule has 0 bridgehead atoms. The highest BCUT2D eigenvalue weighted by Gasteiger charge is 2.20. The van der Waals surface area contributed by atoms with Crippen molar-refractivity contribution in [2.45, 2.75) is 19.6 Å². The Morgan fingerprint density at radius 3 is 2.64 bits per heavy atom. The molecule has 0 radical (unpaired) electrons. The Morgan fingerprint density at radius 2 is 2.09 bits per heavy atom. The van der Waals surface area contributed by atoms with Crippen LogP contribution in [0.5, 0.6) is 0 Å². The number of sulfone groups is 1. The summed E-state index contributed by atoms with van der Waals surface area (Å²) in [5, 5.41) is 11.7. The van der Waals surface area contributed by atoms with Crippen LogP contribution in [0, 0.1) is 25.2 Å². The average Bonchev–Trinajstić information content (AvgIpc) is 2.90. The van der Waals surface area contributed by atoms with Gasteiger partial charge in [-0.25, -0.2) is 18.4 Å². The second kappa shape index (κ2) is 6.41. The summed E-state index contributed by atoms with van der Waals surface area (Å²) in [7, 11) is -3.80. The summed E-state index contributed by atoms with van der Waals surface area (Å²) >= 11 is 0. The molecule has 1 N–H and O–H groups in total. The van der Waals surface area contributed by atoms with Gasteiger partial charge in [-0.3, -0.25) is 0 Å². The van der Waals surface area contributed by atoms with Crippen LogP contribution >= 0.6 is 0 Å². The summed E-state index contributed by atoms with van der Waals surface area (Å²) < 4.78 is 29.3. The molecule has 0 aliphatic carbocycles. The number of furan rings is 1. The number of anilines is 1. The summed E-state index contributed by atoms with van der Waals surface area (Å²) in [5.74, 6) is 0.122. The van der Waals surface area contributed by atoms with E-state index in [4.69, 9.17) is 9.68 Å². The molecule has 2 aromatic rings. The van der Waals surface area contributed by atoms with Crippen molar-refractivity contribution in [3.63, 3.8) is 0 Å². The molecule has 114 valence electrons. The number of hydrogen-bond acceptors (Lipinski definition) is 7. The van der Waals surface area contributed by atoms with E-state index in [1.54, 1.807) is 32.0 Å². The van der Waals surface area contributed by atoms with Gasteiger partial charge in [-0.2, -0.15) is 5.26 Å². The van der Waals surface area contributed by atoms with E-state index in [9.17, 15) is 8.42 Å². The molecule has 0 fully saturated rings. The largest absolute Gasteiger partial charge is 0.468 e. The fourth-order valence-electron chi connectivity index (χ4n) is 1.77. The molecule has 0 unspecified atom stereocenters. The topological polar surface area (TPSA) is 109 Å². The zero-order valence-corrected chi connectivity index (χ0v) is 12.9. The highest BCUT2D eigenvalue weighted by Crippen LogP contribution is 2.15. The molecular formula is C14H14N4O3S. The summed E-state index contributed by atoms with van der Waals surface area (Å²) in [6.07, 6.45) is 2.47. The first-order valence-corrected chi connectivity index (χ1v) is 8.00. The third-order valence-corrected chi connectivity index (χ3v) is 4.22. The maximum absolute atomic E-state index is 12.2. The van der Waals surface area contributed by atoms with Gasteiger partial charge < -0.3 is 9.73 Å². The summed E-state index contributed by atoms with van der Waals surface area (Å²) in [4.78, 5) is 7.81. The van der Waals surface area contributed by atoms with Crippen molar-refractivity contribution in [1.29, 1.82) is 5.26 Å². The third-order valence-electron chi connectivity index (χ3n) is 2.67. The fourth-order valence-corrected chi connectivity index (χ4v) is 2.84. The van der Waals surface area contributed by atoms with Crippen LogP contribution in [0.3, 0.4) is 0 Å². The summed E-state index contributed by atoms with van der Waals surface area (Å²) in [6.45, 7) is 3.59. The summed E-state index contributed by atoms with van der Waals surface area (Å²) in [6, 6.07) is 6.57. The number of rotatable bonds is 5. The molecule has 0 aliphatic rings. The van der Waals surface area contributed by atoms with Crippen LogP contribution in [-0.4, -0.2) is 18.4 Å². The van der Waals surface area contributed by atoms with E-state index in [1.165, 1.54) is 12.3 Å². The number of aryl methyl sites for hydroxylation is 2. The van der Waals surface area contributed by atoms with Crippen molar-refractivity contribution in [1.82, 2.24) is 9.97 Å². The number of aromatic nitrogens is 2. The molecule has 0 spiro atoms. The molecular weight excluding hydrogens is 304 g/mol. The van der Waals surface area contributed by atoms with Gasteiger partial charge in [0.1, 0.15) is 17.6 Å². The van der Waals surface area contributed by atoms with Gasteiger partial charge in [0.25, 0.3) is 0 Å². The molecule has 2 heterocycles. The van der Waals surface area contributed by atoms with Gasteiger partial charge in [-0.05, 0) is 32.0 Å². The van der Waals surface area contributed by atoms with Crippen molar-refractivity contribution >= 4 is 15.8 Å². The van der Waals surface area contributed by atoms with Gasteiger partial charge in [-0.1, -0.05) is 0 Å². The molecule has 2 aromatic heterocycles. The van der Waals surface area contributed by atoms with Gasteiger partial charge in [0, 0.05) is 17.6 Å². The maximum Gasteiger partial charge on any atom is 0.227 e. The first-order chi connectivity index (χ1) is 10.4. The zero-order chi connectivity index (χ0) is 16.2. The van der Waals surface area contributed by atoms with Gasteiger partial charge >= 0.3 is 0 Å². The predicted octanol–water partition coefficient (Wildman–Crippen LogP) is 2.08. The normalized spacial score (nSPS) is 12.0. The second-order valence-electron chi connectivity index (χ2n) is 4.58. The minimum absolute atomic E-state index is 0.235.